The Morgan fingerprint density at radius 3 is 2.88 bits per heavy atom. The van der Waals surface area contributed by atoms with E-state index >= 15 is 0 Å². The molecule has 0 spiro atoms. The van der Waals surface area contributed by atoms with E-state index in [1.165, 1.54) is 12.4 Å². The first-order chi connectivity index (χ1) is 7.52. The van der Waals surface area contributed by atoms with Crippen LogP contribution in [0, 0.1) is 5.92 Å². The van der Waals surface area contributed by atoms with Crippen molar-refractivity contribution in [1.29, 1.82) is 0 Å². The van der Waals surface area contributed by atoms with E-state index in [9.17, 15) is 8.42 Å². The minimum absolute atomic E-state index is 0.136. The number of nitrogens with zero attached hydrogens (tertiary/aromatic N) is 1. The molecule has 0 atom stereocenters. The lowest BCUT2D eigenvalue weighted by Crippen LogP contribution is -2.27. The Bertz CT molecular complexity index is 386. The van der Waals surface area contributed by atoms with Gasteiger partial charge in [0.1, 0.15) is 4.90 Å². The van der Waals surface area contributed by atoms with Gasteiger partial charge in [-0.15, -0.1) is 0 Å². The van der Waals surface area contributed by atoms with E-state index in [0.717, 1.165) is 0 Å². The second-order valence-electron chi connectivity index (χ2n) is 3.80. The summed E-state index contributed by atoms with van der Waals surface area (Å²) in [5, 5.41) is 6.03. The summed E-state index contributed by atoms with van der Waals surface area (Å²) in [5.74, 6) is 0.450. The number of H-pyrrole nitrogens is 1. The van der Waals surface area contributed by atoms with Crippen molar-refractivity contribution in [3.63, 3.8) is 0 Å². The summed E-state index contributed by atoms with van der Waals surface area (Å²) < 4.78 is 30.8. The summed E-state index contributed by atoms with van der Waals surface area (Å²) in [6.45, 7) is 5.34. The third-order valence-corrected chi connectivity index (χ3v) is 3.20. The molecule has 0 radical (unpaired) electrons. The Morgan fingerprint density at radius 1 is 1.56 bits per heavy atom. The standard InChI is InChI=1S/C9H17N3O3S/c1-8(2)7-15-4-3-12-16(13,14)9-5-10-11-6-9/h5-6,8,12H,3-4,7H2,1-2H3,(H,10,11). The second kappa shape index (κ2) is 5.97. The minimum Gasteiger partial charge on any atom is -0.380 e. The van der Waals surface area contributed by atoms with Crippen LogP contribution in [-0.2, 0) is 14.8 Å². The van der Waals surface area contributed by atoms with Crippen molar-refractivity contribution >= 4 is 10.0 Å². The molecular weight excluding hydrogens is 230 g/mol. The van der Waals surface area contributed by atoms with Crippen LogP contribution < -0.4 is 4.72 Å². The van der Waals surface area contributed by atoms with Gasteiger partial charge in [0, 0.05) is 19.3 Å². The minimum atomic E-state index is -3.44. The zero-order valence-corrected chi connectivity index (χ0v) is 10.3. The molecule has 1 heterocycles. The van der Waals surface area contributed by atoms with Gasteiger partial charge in [0.25, 0.3) is 0 Å². The maximum absolute atomic E-state index is 11.6. The fourth-order valence-corrected chi connectivity index (χ4v) is 1.95. The number of hydrogen-bond acceptors (Lipinski definition) is 4. The van der Waals surface area contributed by atoms with E-state index in [-0.39, 0.29) is 11.4 Å². The highest BCUT2D eigenvalue weighted by Gasteiger charge is 2.13. The fraction of sp³-hybridized carbons (Fsp3) is 0.667. The lowest BCUT2D eigenvalue weighted by Gasteiger charge is -2.07. The van der Waals surface area contributed by atoms with Crippen LogP contribution in [0.2, 0.25) is 0 Å². The normalized spacial score (nSPS) is 12.2. The molecule has 1 rings (SSSR count). The van der Waals surface area contributed by atoms with Gasteiger partial charge < -0.3 is 4.74 Å². The van der Waals surface area contributed by atoms with E-state index in [4.69, 9.17) is 4.74 Å². The number of rotatable bonds is 7. The number of nitrogens with one attached hydrogen (secondary N) is 2. The summed E-state index contributed by atoms with van der Waals surface area (Å²) in [4.78, 5) is 0.136. The van der Waals surface area contributed by atoms with Crippen LogP contribution in [0.4, 0.5) is 0 Å². The molecule has 0 saturated carbocycles. The molecule has 1 aromatic rings. The molecule has 16 heavy (non-hydrogen) atoms. The Morgan fingerprint density at radius 2 is 2.31 bits per heavy atom. The van der Waals surface area contributed by atoms with Crippen LogP contribution in [0.1, 0.15) is 13.8 Å². The summed E-state index contributed by atoms with van der Waals surface area (Å²) in [6, 6.07) is 0. The smallest absolute Gasteiger partial charge is 0.243 e. The third kappa shape index (κ3) is 4.30. The van der Waals surface area contributed by atoms with Crippen molar-refractivity contribution < 1.29 is 13.2 Å². The number of ether oxygens (including phenoxy) is 1. The van der Waals surface area contributed by atoms with Crippen LogP contribution >= 0.6 is 0 Å². The van der Waals surface area contributed by atoms with E-state index in [0.29, 0.717) is 19.1 Å². The molecule has 0 amide bonds. The van der Waals surface area contributed by atoms with Crippen molar-refractivity contribution in [3.8, 4) is 0 Å². The first-order valence-electron chi connectivity index (χ1n) is 5.08. The van der Waals surface area contributed by atoms with Crippen molar-refractivity contribution in [2.24, 2.45) is 5.92 Å². The molecule has 0 fully saturated rings. The highest BCUT2D eigenvalue weighted by Crippen LogP contribution is 2.03. The molecule has 0 saturated heterocycles. The predicted molar refractivity (Wildman–Crippen MR) is 59.4 cm³/mol. The maximum Gasteiger partial charge on any atom is 0.243 e. The third-order valence-electron chi connectivity index (χ3n) is 1.77. The van der Waals surface area contributed by atoms with Crippen LogP contribution in [0.25, 0.3) is 0 Å². The number of aromatic amines is 1. The fourth-order valence-electron chi connectivity index (χ4n) is 1.04. The van der Waals surface area contributed by atoms with Crippen LogP contribution in [0.15, 0.2) is 17.3 Å². The van der Waals surface area contributed by atoms with Crippen molar-refractivity contribution in [3.05, 3.63) is 12.4 Å². The van der Waals surface area contributed by atoms with Gasteiger partial charge in [0.2, 0.25) is 10.0 Å². The van der Waals surface area contributed by atoms with Crippen LogP contribution in [0.3, 0.4) is 0 Å². The monoisotopic (exact) mass is 247 g/mol. The summed E-state index contributed by atoms with van der Waals surface area (Å²) in [6.07, 6.45) is 2.59. The molecule has 0 aliphatic heterocycles. The lowest BCUT2D eigenvalue weighted by atomic mass is 10.2. The Kier molecular flexibility index (Phi) is 4.91. The average Bonchev–Trinajstić information content (AvgIpc) is 2.69. The average molecular weight is 247 g/mol. The summed E-state index contributed by atoms with van der Waals surface area (Å²) in [5.41, 5.74) is 0. The van der Waals surface area contributed by atoms with E-state index in [1.54, 1.807) is 0 Å². The van der Waals surface area contributed by atoms with Gasteiger partial charge in [-0.25, -0.2) is 13.1 Å². The summed E-state index contributed by atoms with van der Waals surface area (Å²) in [7, 11) is -3.44. The van der Waals surface area contributed by atoms with Gasteiger partial charge in [0.05, 0.1) is 12.8 Å². The molecule has 1 aromatic heterocycles. The van der Waals surface area contributed by atoms with Gasteiger partial charge in [-0.1, -0.05) is 13.8 Å². The first kappa shape index (κ1) is 13.1. The number of hydrogen-bond donors (Lipinski definition) is 2. The van der Waals surface area contributed by atoms with Crippen LogP contribution in [0.5, 0.6) is 0 Å². The molecular formula is C9H17N3O3S. The van der Waals surface area contributed by atoms with Gasteiger partial charge in [-0.2, -0.15) is 5.10 Å². The highest BCUT2D eigenvalue weighted by molar-refractivity contribution is 7.89. The van der Waals surface area contributed by atoms with Gasteiger partial charge >= 0.3 is 0 Å². The Hall–Kier alpha value is -0.920. The van der Waals surface area contributed by atoms with Crippen molar-refractivity contribution in [2.75, 3.05) is 19.8 Å². The Labute approximate surface area is 95.4 Å². The topological polar surface area (TPSA) is 84.1 Å². The number of sulfonamides is 1. The molecule has 7 heteroatoms. The molecule has 0 unspecified atom stereocenters. The Balaban J connectivity index is 2.28. The van der Waals surface area contributed by atoms with E-state index in [1.807, 2.05) is 13.8 Å². The molecule has 0 aliphatic carbocycles. The zero-order valence-electron chi connectivity index (χ0n) is 9.43. The molecule has 0 bridgehead atoms. The van der Waals surface area contributed by atoms with Gasteiger partial charge in [0.15, 0.2) is 0 Å². The second-order valence-corrected chi connectivity index (χ2v) is 5.57. The van der Waals surface area contributed by atoms with E-state index in [2.05, 4.69) is 14.9 Å². The highest BCUT2D eigenvalue weighted by atomic mass is 32.2. The molecule has 92 valence electrons. The van der Waals surface area contributed by atoms with Crippen molar-refractivity contribution in [2.45, 2.75) is 18.7 Å². The summed E-state index contributed by atoms with van der Waals surface area (Å²) >= 11 is 0. The van der Waals surface area contributed by atoms with Crippen molar-refractivity contribution in [1.82, 2.24) is 14.9 Å². The number of aromatic nitrogens is 2. The quantitative estimate of drug-likeness (QED) is 0.681. The van der Waals surface area contributed by atoms with Gasteiger partial charge in [-0.05, 0) is 5.92 Å². The molecule has 0 aromatic carbocycles. The first-order valence-corrected chi connectivity index (χ1v) is 6.57. The van der Waals surface area contributed by atoms with Gasteiger partial charge in [-0.3, -0.25) is 5.10 Å². The van der Waals surface area contributed by atoms with E-state index < -0.39 is 10.0 Å². The van der Waals surface area contributed by atoms with Crippen LogP contribution in [-0.4, -0.2) is 38.4 Å². The zero-order chi connectivity index (χ0) is 12.0. The molecule has 2 N–H and O–H groups in total. The molecule has 0 aliphatic rings. The molecule has 6 nitrogen and oxygen atoms in total. The maximum atomic E-state index is 11.6. The SMILES string of the molecule is CC(C)COCCNS(=O)(=O)c1cn[nH]c1. The predicted octanol–water partition coefficient (Wildman–Crippen LogP) is 0.361. The largest absolute Gasteiger partial charge is 0.380 e. The lowest BCUT2D eigenvalue weighted by molar-refractivity contribution is 0.114.